The number of benzene rings is 2. The number of rotatable bonds is 10. The van der Waals surface area contributed by atoms with Crippen molar-refractivity contribution in [3.63, 3.8) is 0 Å². The molecule has 0 radical (unpaired) electrons. The van der Waals surface area contributed by atoms with Gasteiger partial charge in [-0.1, -0.05) is 35.1 Å². The Labute approximate surface area is 265 Å². The largest absolute Gasteiger partial charge is 0.504 e. The number of aromatic nitrogens is 3. The van der Waals surface area contributed by atoms with Crippen LogP contribution in [0.4, 0.5) is 5.13 Å². The van der Waals surface area contributed by atoms with Crippen molar-refractivity contribution in [1.82, 2.24) is 25.4 Å². The number of anilines is 1. The van der Waals surface area contributed by atoms with Crippen molar-refractivity contribution in [1.29, 1.82) is 0 Å². The Morgan fingerprint density at radius 2 is 1.98 bits per heavy atom. The average molecular weight is 668 g/mol. The number of carbonyl (C=O) groups excluding carboxylic acids is 2. The summed E-state index contributed by atoms with van der Waals surface area (Å²) in [5.74, 6) is -2.45. The minimum atomic E-state index is -1.30. The molecule has 0 unspecified atom stereocenters. The number of carboxylic acids is 1. The van der Waals surface area contributed by atoms with E-state index >= 15 is 0 Å². The monoisotopic (exact) mass is 667 g/mol. The topological polar surface area (TPSA) is 227 Å². The van der Waals surface area contributed by atoms with Crippen molar-refractivity contribution < 1.29 is 39.0 Å². The Kier molecular flexibility index (Phi) is 8.33. The second kappa shape index (κ2) is 12.5. The van der Waals surface area contributed by atoms with Gasteiger partial charge in [-0.05, 0) is 35.9 Å². The molecule has 6 N–H and O–H groups in total. The van der Waals surface area contributed by atoms with E-state index in [2.05, 4.69) is 25.7 Å². The van der Waals surface area contributed by atoms with E-state index in [1.165, 1.54) is 35.3 Å². The number of β-lactam (4-membered cyclic amide) rings is 1. The smallest absolute Gasteiger partial charge is 0.352 e. The van der Waals surface area contributed by atoms with Crippen LogP contribution in [0.2, 0.25) is 0 Å². The van der Waals surface area contributed by atoms with Gasteiger partial charge in [-0.15, -0.1) is 33.3 Å². The number of nitrogens with zero attached hydrogens (tertiary/aromatic N) is 5. The zero-order chi connectivity index (χ0) is 31.7. The number of para-hydroxylation sites is 1. The summed E-state index contributed by atoms with van der Waals surface area (Å²) < 4.78 is 5.61. The number of hydrogen-bond donors (Lipinski definition) is 5. The van der Waals surface area contributed by atoms with Gasteiger partial charge in [-0.3, -0.25) is 14.5 Å². The lowest BCUT2D eigenvalue weighted by molar-refractivity contribution is -0.150. The molecule has 2 aliphatic heterocycles. The normalized spacial score (nSPS) is 17.9. The van der Waals surface area contributed by atoms with Crippen LogP contribution in [0.25, 0.3) is 11.5 Å². The Morgan fingerprint density at radius 3 is 2.69 bits per heavy atom. The zero-order valence-electron chi connectivity index (χ0n) is 22.7. The molecule has 2 atom stereocenters. The van der Waals surface area contributed by atoms with Gasteiger partial charge >= 0.3 is 5.97 Å². The molecule has 0 aliphatic carbocycles. The lowest BCUT2D eigenvalue weighted by atomic mass is 10.0. The molecule has 15 nitrogen and oxygen atoms in total. The van der Waals surface area contributed by atoms with Crippen LogP contribution in [-0.4, -0.2) is 81.8 Å². The quantitative estimate of drug-likeness (QED) is 0.0539. The third-order valence-electron chi connectivity index (χ3n) is 6.50. The van der Waals surface area contributed by atoms with Crippen LogP contribution < -0.4 is 15.9 Å². The van der Waals surface area contributed by atoms with Crippen LogP contribution in [-0.2, 0) is 14.4 Å². The van der Waals surface area contributed by atoms with Gasteiger partial charge < -0.3 is 35.6 Å². The first kappa shape index (κ1) is 30.0. The first-order valence-corrected chi connectivity index (χ1v) is 15.8. The summed E-state index contributed by atoms with van der Waals surface area (Å²) in [6, 6.07) is 11.6. The van der Waals surface area contributed by atoms with E-state index in [1.807, 2.05) is 0 Å². The molecule has 0 spiro atoms. The molecule has 2 amide bonds. The van der Waals surface area contributed by atoms with E-state index < -0.39 is 29.2 Å². The number of nitrogens with one attached hydrogen (secondary N) is 1. The second-order valence-electron chi connectivity index (χ2n) is 9.40. The number of oxime groups is 1. The summed E-state index contributed by atoms with van der Waals surface area (Å²) in [6.07, 6.45) is 0. The molecule has 0 saturated carbocycles. The Morgan fingerprint density at radius 1 is 1.18 bits per heavy atom. The van der Waals surface area contributed by atoms with Crippen molar-refractivity contribution >= 4 is 63.5 Å². The number of amides is 2. The number of phenols is 2. The Balaban J connectivity index is 1.15. The molecule has 4 aromatic rings. The molecule has 1 fully saturated rings. The predicted molar refractivity (Wildman–Crippen MR) is 164 cm³/mol. The summed E-state index contributed by atoms with van der Waals surface area (Å²) in [4.78, 5) is 49.5. The molecule has 2 aliphatic rings. The standard InChI is InChI=1S/C27H21N7O8S3/c28-26-29-15(11-44-26)18(33-42-14-4-2-1-3-5-14)21(37)30-19-23(38)34-20(25(39)40)13(9-43-24(19)34)10-45-27-32-31-22(41-27)12-6-7-16(35)17(36)8-12/h1-8,11,19,24,35-36H,9-10H2,(H2,28,29)(H,30,37)(H,39,40)/t19-,24-/m1/s1. The van der Waals surface area contributed by atoms with Gasteiger partial charge in [0, 0.05) is 22.4 Å². The SMILES string of the molecule is Nc1nc(C(=NOc2ccccc2)C(=O)N[C@@H]2C(=O)N3C(C(=O)O)=C(CSc4nnc(-c5ccc(O)c(O)c5)o4)CS[C@H]23)cs1. The minimum Gasteiger partial charge on any atom is -0.504 e. The molecule has 1 saturated heterocycles. The minimum absolute atomic E-state index is 0.0900. The highest BCUT2D eigenvalue weighted by Crippen LogP contribution is 2.42. The zero-order valence-corrected chi connectivity index (χ0v) is 25.1. The molecule has 6 rings (SSSR count). The maximum absolute atomic E-state index is 13.3. The maximum atomic E-state index is 13.3. The lowest BCUT2D eigenvalue weighted by Gasteiger charge is -2.49. The number of nitrogens with two attached hydrogens (primary N) is 1. The number of phenolic OH excluding ortho intramolecular Hbond substituents is 2. The summed E-state index contributed by atoms with van der Waals surface area (Å²) in [7, 11) is 0. The van der Waals surface area contributed by atoms with Gasteiger partial charge in [0.05, 0.1) is 0 Å². The molecule has 4 heterocycles. The van der Waals surface area contributed by atoms with Crippen LogP contribution in [0.3, 0.4) is 0 Å². The van der Waals surface area contributed by atoms with Crippen LogP contribution in [0.5, 0.6) is 17.2 Å². The highest BCUT2D eigenvalue weighted by molar-refractivity contribution is 8.01. The summed E-state index contributed by atoms with van der Waals surface area (Å²) in [6.45, 7) is 0. The first-order chi connectivity index (χ1) is 21.7. The van der Waals surface area contributed by atoms with Crippen molar-refractivity contribution in [3.05, 3.63) is 70.9 Å². The average Bonchev–Trinajstić information content (AvgIpc) is 3.69. The van der Waals surface area contributed by atoms with Crippen molar-refractivity contribution in [3.8, 4) is 28.7 Å². The van der Waals surface area contributed by atoms with Crippen LogP contribution in [0.15, 0.2) is 80.0 Å². The van der Waals surface area contributed by atoms with Crippen LogP contribution in [0, 0.1) is 0 Å². The Hall–Kier alpha value is -5.07. The number of carbonyl (C=O) groups is 3. The lowest BCUT2D eigenvalue weighted by Crippen LogP contribution is -2.71. The number of aromatic hydroxyl groups is 2. The molecular weight excluding hydrogens is 647 g/mol. The first-order valence-electron chi connectivity index (χ1n) is 12.9. The van der Waals surface area contributed by atoms with Crippen molar-refractivity contribution in [2.75, 3.05) is 17.2 Å². The number of aliphatic carboxylic acids is 1. The Bertz CT molecular complexity index is 1860. The van der Waals surface area contributed by atoms with Gasteiger partial charge in [0.2, 0.25) is 5.89 Å². The molecule has 2 aromatic heterocycles. The van der Waals surface area contributed by atoms with Gasteiger partial charge in [0.15, 0.2) is 28.1 Å². The molecule has 18 heteroatoms. The predicted octanol–water partition coefficient (Wildman–Crippen LogP) is 2.50. The molecular formula is C27H21N7O8S3. The number of thioether (sulfide) groups is 2. The van der Waals surface area contributed by atoms with E-state index in [4.69, 9.17) is 15.0 Å². The highest BCUT2D eigenvalue weighted by Gasteiger charge is 2.54. The number of hydrogen-bond acceptors (Lipinski definition) is 15. The van der Waals surface area contributed by atoms with Crippen molar-refractivity contribution in [2.45, 2.75) is 16.6 Å². The fraction of sp³-hybridized carbons (Fsp3) is 0.148. The van der Waals surface area contributed by atoms with Gasteiger partial charge in [0.25, 0.3) is 17.0 Å². The van der Waals surface area contributed by atoms with Gasteiger partial charge in [-0.25, -0.2) is 9.78 Å². The highest BCUT2D eigenvalue weighted by atomic mass is 32.2. The number of thiazole rings is 1. The van der Waals surface area contributed by atoms with E-state index in [0.29, 0.717) is 16.9 Å². The number of carboxylic acid groups (broad SMARTS) is 1. The summed E-state index contributed by atoms with van der Waals surface area (Å²) >= 11 is 3.47. The molecule has 230 valence electrons. The third kappa shape index (κ3) is 6.15. The van der Waals surface area contributed by atoms with Crippen LogP contribution >= 0.6 is 34.9 Å². The molecule has 2 aromatic carbocycles. The fourth-order valence-electron chi connectivity index (χ4n) is 4.37. The molecule has 45 heavy (non-hydrogen) atoms. The fourth-order valence-corrected chi connectivity index (χ4v) is 7.17. The van der Waals surface area contributed by atoms with Crippen LogP contribution in [0.1, 0.15) is 5.69 Å². The van der Waals surface area contributed by atoms with Crippen molar-refractivity contribution in [2.24, 2.45) is 5.16 Å². The number of fused-ring (bicyclic) bond motifs is 1. The maximum Gasteiger partial charge on any atom is 0.352 e. The molecule has 0 bridgehead atoms. The van der Waals surface area contributed by atoms with E-state index in [9.17, 15) is 29.7 Å². The third-order valence-corrected chi connectivity index (χ3v) is 9.42. The number of nitrogen functional groups attached to an aromatic ring is 1. The van der Waals surface area contributed by atoms with E-state index in [0.717, 1.165) is 28.0 Å². The van der Waals surface area contributed by atoms with E-state index in [-0.39, 0.29) is 56.4 Å². The van der Waals surface area contributed by atoms with E-state index in [1.54, 1.807) is 30.3 Å². The summed E-state index contributed by atoms with van der Waals surface area (Å²) in [5.41, 5.74) is 6.35. The van der Waals surface area contributed by atoms with Gasteiger partial charge in [0.1, 0.15) is 22.8 Å². The second-order valence-corrected chi connectivity index (χ2v) is 12.3. The van der Waals surface area contributed by atoms with Gasteiger partial charge in [-0.2, -0.15) is 0 Å². The summed E-state index contributed by atoms with van der Waals surface area (Å²) in [5, 5.41) is 44.9.